The number of aromatic amines is 1. The molecule has 5 heterocycles. The minimum absolute atomic E-state index is 0.0213. The minimum atomic E-state index is -0.794. The van der Waals surface area contributed by atoms with Crippen molar-refractivity contribution in [3.8, 4) is 10.4 Å². The fourth-order valence-corrected chi connectivity index (χ4v) is 12.5. The quantitative estimate of drug-likeness (QED) is 0.0398. The molecule has 0 unspecified atom stereocenters. The molecule has 3 aliphatic heterocycles. The number of aliphatic hydroxyl groups is 1. The van der Waals surface area contributed by atoms with Crippen LogP contribution in [-0.2, 0) is 36.8 Å². The summed E-state index contributed by atoms with van der Waals surface area (Å²) in [5.74, 6) is -1.97. The van der Waals surface area contributed by atoms with Gasteiger partial charge in [0.15, 0.2) is 11.6 Å². The maximum Gasteiger partial charge on any atom is 0.258 e. The van der Waals surface area contributed by atoms with Gasteiger partial charge in [0.2, 0.25) is 5.91 Å². The molecule has 3 fully saturated rings. The lowest BCUT2D eigenvalue weighted by molar-refractivity contribution is -0.145. The Morgan fingerprint density at radius 1 is 0.817 bits per heavy atom. The molecule has 6 aromatic rings. The Kier molecular flexibility index (Phi) is 20.1. The Morgan fingerprint density at radius 2 is 1.51 bits per heavy atom. The highest BCUT2D eigenvalue weighted by molar-refractivity contribution is 7.13. The number of ketones is 3. The van der Waals surface area contributed by atoms with Crippen LogP contribution in [0.1, 0.15) is 131 Å². The third-order valence-corrected chi connectivity index (χ3v) is 17.4. The zero-order valence-electron chi connectivity index (χ0n) is 47.7. The van der Waals surface area contributed by atoms with Crippen molar-refractivity contribution in [2.45, 2.75) is 136 Å². The van der Waals surface area contributed by atoms with Crippen LogP contribution in [-0.4, -0.2) is 130 Å². The number of nitrogens with one attached hydrogen (secondary N) is 3. The van der Waals surface area contributed by atoms with Crippen molar-refractivity contribution in [3.05, 3.63) is 124 Å². The number of ether oxygens (including phenoxy) is 1. The SMILES string of the molecule is Cc1ncsc1-c1ccc(CCC(=O)[C@@H]2C[C@@H](O)CN2C(=O)[C@@H](CC(=O)CCCCCCCC(=O)CN2CCN(c3ccc(C(=O)Nc4n[nH]c5ccc(Cc6cc(F)cc(F)c6)cc45)c(NC4CCOCC4)c3)CC2)C(C)(C)C)cc1. The second kappa shape index (κ2) is 27.6. The molecule has 4 aromatic carbocycles. The van der Waals surface area contributed by atoms with Crippen molar-refractivity contribution < 1.29 is 42.6 Å². The lowest BCUT2D eigenvalue weighted by Gasteiger charge is -2.36. The zero-order valence-corrected chi connectivity index (χ0v) is 48.6. The van der Waals surface area contributed by atoms with Gasteiger partial charge in [-0.1, -0.05) is 70.4 Å². The summed E-state index contributed by atoms with van der Waals surface area (Å²) in [6, 6.07) is 22.4. The second-order valence-corrected chi connectivity index (χ2v) is 24.5. The van der Waals surface area contributed by atoms with Crippen molar-refractivity contribution in [1.29, 1.82) is 0 Å². The summed E-state index contributed by atoms with van der Waals surface area (Å²) >= 11 is 1.59. The van der Waals surface area contributed by atoms with Crippen molar-refractivity contribution in [2.24, 2.45) is 11.3 Å². The van der Waals surface area contributed by atoms with Gasteiger partial charge < -0.3 is 30.3 Å². The van der Waals surface area contributed by atoms with Gasteiger partial charge in [0.1, 0.15) is 23.2 Å². The molecule has 0 radical (unpaired) electrons. The highest BCUT2D eigenvalue weighted by Crippen LogP contribution is 2.36. The molecule has 15 nitrogen and oxygen atoms in total. The molecule has 2 aromatic heterocycles. The van der Waals surface area contributed by atoms with E-state index in [9.17, 15) is 37.9 Å². The monoisotopic (exact) mass is 1140 g/mol. The standard InChI is InChI=1S/C64H78F2N8O7S/c1-41-60(82-40-67-41)45-16-12-42(13-17-45)15-21-59(78)58-37-52(77)39-74(58)63(80)55(64(2,3)4)36-50(75)10-8-6-5-7-9-11-51(76)38-72-24-26-73(27-25-72)49-18-19-53(57(35-49)68-48-22-28-81-29-23-48)62(79)69-61-54-33-43(14-20-56(54)70-71-61)30-44-31-46(65)34-47(66)32-44/h12-14,16-20,31-35,40,48,52,55,58,68,77H,5-11,15,21-30,36-39H2,1-4H3,(H2,69,70,71,79)/t52-,55-,58+/m1/s1. The summed E-state index contributed by atoms with van der Waals surface area (Å²) in [7, 11) is 0. The second-order valence-electron chi connectivity index (χ2n) is 23.7. The van der Waals surface area contributed by atoms with E-state index < -0.39 is 35.1 Å². The van der Waals surface area contributed by atoms with Crippen LogP contribution in [0.15, 0.2) is 84.4 Å². The molecule has 2 amide bonds. The number of fused-ring (bicyclic) bond motifs is 1. The van der Waals surface area contributed by atoms with Crippen LogP contribution < -0.4 is 15.5 Å². The van der Waals surface area contributed by atoms with Gasteiger partial charge in [0.25, 0.3) is 5.91 Å². The van der Waals surface area contributed by atoms with Crippen molar-refractivity contribution in [3.63, 3.8) is 0 Å². The highest BCUT2D eigenvalue weighted by Gasteiger charge is 2.44. The number of thiazole rings is 1. The summed E-state index contributed by atoms with van der Waals surface area (Å²) in [5.41, 5.74) is 8.55. The Hall–Kier alpha value is -6.73. The van der Waals surface area contributed by atoms with Crippen molar-refractivity contribution in [2.75, 3.05) is 68.0 Å². The number of rotatable bonds is 25. The van der Waals surface area contributed by atoms with Gasteiger partial charge in [0.05, 0.1) is 45.9 Å². The van der Waals surface area contributed by atoms with E-state index in [2.05, 4.69) is 35.6 Å². The van der Waals surface area contributed by atoms with Crippen molar-refractivity contribution >= 4 is 68.6 Å². The van der Waals surface area contributed by atoms with Gasteiger partial charge in [-0.15, -0.1) is 11.3 Å². The summed E-state index contributed by atoms with van der Waals surface area (Å²) in [4.78, 5) is 80.0. The van der Waals surface area contributed by atoms with Gasteiger partial charge >= 0.3 is 0 Å². The normalized spacial score (nSPS) is 17.5. The lowest BCUT2D eigenvalue weighted by atomic mass is 9.76. The molecule has 3 saturated heterocycles. The van der Waals surface area contributed by atoms with E-state index >= 15 is 0 Å². The number of unbranched alkanes of at least 4 members (excludes halogenated alkanes) is 4. The number of carbonyl (C=O) groups is 5. The smallest absolute Gasteiger partial charge is 0.258 e. The third kappa shape index (κ3) is 15.9. The van der Waals surface area contributed by atoms with Crippen LogP contribution in [0, 0.1) is 29.9 Å². The predicted octanol–water partition coefficient (Wildman–Crippen LogP) is 10.9. The van der Waals surface area contributed by atoms with Crippen LogP contribution in [0.4, 0.5) is 26.0 Å². The molecule has 9 rings (SSSR count). The van der Waals surface area contributed by atoms with Crippen LogP contribution in [0.3, 0.4) is 0 Å². The van der Waals surface area contributed by atoms with Crippen LogP contribution >= 0.6 is 11.3 Å². The number of halogens is 2. The Labute approximate surface area is 483 Å². The number of likely N-dealkylation sites (tertiary alicyclic amines) is 1. The summed E-state index contributed by atoms with van der Waals surface area (Å²) in [5, 5.41) is 25.4. The van der Waals surface area contributed by atoms with Crippen LogP contribution in [0.5, 0.6) is 0 Å². The first-order valence-electron chi connectivity index (χ1n) is 29.2. The number of carbonyl (C=O) groups excluding carboxylic acids is 5. The van der Waals surface area contributed by atoms with Gasteiger partial charge in [0, 0.05) is 113 Å². The summed E-state index contributed by atoms with van der Waals surface area (Å²) < 4.78 is 33.5. The summed E-state index contributed by atoms with van der Waals surface area (Å²) in [6.07, 6.45) is 7.18. The van der Waals surface area contributed by atoms with E-state index in [1.54, 1.807) is 11.3 Å². The van der Waals surface area contributed by atoms with E-state index in [0.717, 1.165) is 104 Å². The highest BCUT2D eigenvalue weighted by atomic mass is 32.1. The van der Waals surface area contributed by atoms with E-state index in [1.807, 2.05) is 93.9 Å². The number of aryl methyl sites for hydroxylation is 2. The molecular formula is C64H78F2N8O7S. The Morgan fingerprint density at radius 3 is 2.21 bits per heavy atom. The molecule has 82 heavy (non-hydrogen) atoms. The molecule has 0 bridgehead atoms. The van der Waals surface area contributed by atoms with E-state index in [0.29, 0.717) is 85.4 Å². The number of benzene rings is 4. The van der Waals surface area contributed by atoms with E-state index in [4.69, 9.17) is 4.74 Å². The number of amides is 2. The molecule has 3 aliphatic rings. The average molecular weight is 1140 g/mol. The predicted molar refractivity (Wildman–Crippen MR) is 317 cm³/mol. The lowest BCUT2D eigenvalue weighted by Crippen LogP contribution is -2.48. The maximum atomic E-state index is 14.2. The fraction of sp³-hybridized carbons (Fsp3) is 0.484. The summed E-state index contributed by atoms with van der Waals surface area (Å²) in [6.45, 7) is 12.5. The molecule has 0 spiro atoms. The van der Waals surface area contributed by atoms with Gasteiger partial charge in [-0.05, 0) is 116 Å². The van der Waals surface area contributed by atoms with Crippen LogP contribution in [0.25, 0.3) is 21.3 Å². The number of aliphatic hydroxyl groups excluding tert-OH is 1. The van der Waals surface area contributed by atoms with Gasteiger partial charge in [-0.25, -0.2) is 13.8 Å². The number of nitrogens with zero attached hydrogens (tertiary/aromatic N) is 5. The number of β-amino-alcohol motifs (C(OH)–C–C–N with tert-alkyl or cyclic N) is 1. The largest absolute Gasteiger partial charge is 0.391 e. The van der Waals surface area contributed by atoms with E-state index in [-0.39, 0.29) is 61.0 Å². The third-order valence-electron chi connectivity index (χ3n) is 16.4. The topological polar surface area (TPSA) is 190 Å². The number of Topliss-reactive ketones (excluding diaryl/α,β-unsaturated/α-hetero) is 3. The first-order chi connectivity index (χ1) is 39.4. The fourth-order valence-electron chi connectivity index (χ4n) is 11.7. The maximum absolute atomic E-state index is 14.2. The Bertz CT molecular complexity index is 3180. The molecule has 436 valence electrons. The number of aromatic nitrogens is 3. The minimum Gasteiger partial charge on any atom is -0.391 e. The molecule has 18 heteroatoms. The molecule has 0 saturated carbocycles. The molecule has 0 aliphatic carbocycles. The zero-order chi connectivity index (χ0) is 57.9. The first-order valence-corrected chi connectivity index (χ1v) is 30.0. The number of H-pyrrole nitrogens is 1. The average Bonchev–Trinajstić information content (AvgIpc) is 4.38. The first kappa shape index (κ1) is 59.9. The number of anilines is 3. The van der Waals surface area contributed by atoms with Crippen molar-refractivity contribution in [1.82, 2.24) is 25.0 Å². The number of piperazine rings is 1. The van der Waals surface area contributed by atoms with Gasteiger partial charge in [-0.2, -0.15) is 5.10 Å². The number of hydrogen-bond donors (Lipinski definition) is 4. The molecular weight excluding hydrogens is 1060 g/mol. The Balaban J connectivity index is 0.690. The number of hydrogen-bond acceptors (Lipinski definition) is 13. The molecule has 3 atom stereocenters. The van der Waals surface area contributed by atoms with E-state index in [1.165, 1.54) is 17.0 Å². The van der Waals surface area contributed by atoms with Gasteiger partial charge in [-0.3, -0.25) is 34.0 Å². The van der Waals surface area contributed by atoms with Crippen LogP contribution in [0.2, 0.25) is 0 Å². The molecule has 4 N–H and O–H groups in total.